The molecule has 0 aliphatic rings. The molecule has 2 aromatic carbocycles. The Kier molecular flexibility index (Phi) is 6.03. The quantitative estimate of drug-likeness (QED) is 0.887. The van der Waals surface area contributed by atoms with Crippen molar-refractivity contribution in [2.24, 2.45) is 11.5 Å². The van der Waals surface area contributed by atoms with Gasteiger partial charge in [0.15, 0.2) is 0 Å². The molecular formula is C15H17ClN2O2. The van der Waals surface area contributed by atoms with E-state index in [-0.39, 0.29) is 12.4 Å². The maximum absolute atomic E-state index is 11.1. The Morgan fingerprint density at radius 2 is 1.85 bits per heavy atom. The third kappa shape index (κ3) is 3.98. The molecule has 0 heterocycles. The number of hydrogen-bond donors (Lipinski definition) is 2. The zero-order valence-electron chi connectivity index (χ0n) is 10.9. The number of ether oxygens (including phenoxy) is 1. The van der Waals surface area contributed by atoms with Crippen molar-refractivity contribution < 1.29 is 9.53 Å². The number of carbonyl (C=O) groups excluding carboxylic acids is 1. The first-order valence-electron chi connectivity index (χ1n) is 6.00. The summed E-state index contributed by atoms with van der Waals surface area (Å²) in [6.07, 6.45) is 0. The van der Waals surface area contributed by atoms with Crippen molar-refractivity contribution in [2.75, 3.05) is 0 Å². The standard InChI is InChI=1S/C15H16N2O2.ClH/c16-9-13-5-1-2-7-14(13)19-10-11-4-3-6-12(8-11)15(17)18;/h1-8H,9-10,16H2,(H2,17,18);1H. The van der Waals surface area contributed by atoms with Gasteiger partial charge in [0, 0.05) is 17.7 Å². The van der Waals surface area contributed by atoms with Crippen molar-refractivity contribution in [3.8, 4) is 5.75 Å². The van der Waals surface area contributed by atoms with Crippen molar-refractivity contribution in [1.82, 2.24) is 0 Å². The molecule has 0 aliphatic heterocycles. The third-order valence-corrected chi connectivity index (χ3v) is 2.80. The Morgan fingerprint density at radius 3 is 2.55 bits per heavy atom. The van der Waals surface area contributed by atoms with E-state index in [9.17, 15) is 4.79 Å². The monoisotopic (exact) mass is 292 g/mol. The number of primary amides is 1. The lowest BCUT2D eigenvalue weighted by Crippen LogP contribution is -2.11. The lowest BCUT2D eigenvalue weighted by Gasteiger charge is -2.10. The van der Waals surface area contributed by atoms with Crippen LogP contribution in [0.5, 0.6) is 5.75 Å². The lowest BCUT2D eigenvalue weighted by atomic mass is 10.1. The van der Waals surface area contributed by atoms with Crippen LogP contribution in [0.3, 0.4) is 0 Å². The minimum absolute atomic E-state index is 0. The van der Waals surface area contributed by atoms with Crippen LogP contribution in [0, 0.1) is 0 Å². The second-order valence-electron chi connectivity index (χ2n) is 4.17. The fourth-order valence-electron chi connectivity index (χ4n) is 1.79. The van der Waals surface area contributed by atoms with Crippen molar-refractivity contribution in [3.63, 3.8) is 0 Å². The maximum Gasteiger partial charge on any atom is 0.248 e. The summed E-state index contributed by atoms with van der Waals surface area (Å²) in [6.45, 7) is 0.801. The number of halogens is 1. The molecule has 0 radical (unpaired) electrons. The Balaban J connectivity index is 0.00000200. The zero-order chi connectivity index (χ0) is 13.7. The third-order valence-electron chi connectivity index (χ3n) is 2.80. The van der Waals surface area contributed by atoms with Gasteiger partial charge in [-0.05, 0) is 23.8 Å². The van der Waals surface area contributed by atoms with E-state index in [0.29, 0.717) is 18.7 Å². The Hall–Kier alpha value is -2.04. The van der Waals surface area contributed by atoms with Crippen LogP contribution in [0.1, 0.15) is 21.5 Å². The highest BCUT2D eigenvalue weighted by molar-refractivity contribution is 5.92. The molecule has 0 unspecified atom stereocenters. The Labute approximate surface area is 124 Å². The van der Waals surface area contributed by atoms with E-state index < -0.39 is 5.91 Å². The lowest BCUT2D eigenvalue weighted by molar-refractivity contribution is 0.1000. The molecule has 4 nitrogen and oxygen atoms in total. The molecule has 0 bridgehead atoms. The van der Waals surface area contributed by atoms with Crippen LogP contribution < -0.4 is 16.2 Å². The van der Waals surface area contributed by atoms with Crippen molar-refractivity contribution in [2.45, 2.75) is 13.2 Å². The van der Waals surface area contributed by atoms with Crippen LogP contribution >= 0.6 is 12.4 Å². The van der Waals surface area contributed by atoms with Gasteiger partial charge in [-0.25, -0.2) is 0 Å². The first-order chi connectivity index (χ1) is 9.20. The fourth-order valence-corrected chi connectivity index (χ4v) is 1.79. The van der Waals surface area contributed by atoms with Gasteiger partial charge in [-0.1, -0.05) is 30.3 Å². The number of hydrogen-bond acceptors (Lipinski definition) is 3. The SMILES string of the molecule is Cl.NCc1ccccc1OCc1cccc(C(N)=O)c1. The molecule has 0 saturated carbocycles. The molecule has 0 fully saturated rings. The summed E-state index contributed by atoms with van der Waals surface area (Å²) in [5, 5.41) is 0. The second kappa shape index (κ2) is 7.53. The minimum atomic E-state index is -0.441. The van der Waals surface area contributed by atoms with E-state index in [2.05, 4.69) is 0 Å². The summed E-state index contributed by atoms with van der Waals surface area (Å²) >= 11 is 0. The van der Waals surface area contributed by atoms with Crippen LogP contribution in [0.4, 0.5) is 0 Å². The number of rotatable bonds is 5. The molecule has 0 aromatic heterocycles. The minimum Gasteiger partial charge on any atom is -0.489 e. The molecule has 106 valence electrons. The molecule has 0 spiro atoms. The smallest absolute Gasteiger partial charge is 0.248 e. The van der Waals surface area contributed by atoms with Gasteiger partial charge in [0.1, 0.15) is 12.4 Å². The second-order valence-corrected chi connectivity index (χ2v) is 4.17. The summed E-state index contributed by atoms with van der Waals surface area (Å²) < 4.78 is 5.72. The number of para-hydroxylation sites is 1. The van der Waals surface area contributed by atoms with Crippen LogP contribution in [0.25, 0.3) is 0 Å². The molecule has 2 aromatic rings. The van der Waals surface area contributed by atoms with Gasteiger partial charge in [-0.2, -0.15) is 0 Å². The van der Waals surface area contributed by atoms with Crippen LogP contribution in [0.15, 0.2) is 48.5 Å². The van der Waals surface area contributed by atoms with Crippen molar-refractivity contribution >= 4 is 18.3 Å². The maximum atomic E-state index is 11.1. The highest BCUT2D eigenvalue weighted by Crippen LogP contribution is 2.18. The molecule has 5 heteroatoms. The predicted octanol–water partition coefficient (Wildman–Crippen LogP) is 2.25. The van der Waals surface area contributed by atoms with E-state index in [0.717, 1.165) is 16.9 Å². The molecule has 20 heavy (non-hydrogen) atoms. The summed E-state index contributed by atoms with van der Waals surface area (Å²) in [6, 6.07) is 14.7. The molecule has 2 rings (SSSR count). The van der Waals surface area contributed by atoms with Crippen molar-refractivity contribution in [1.29, 1.82) is 0 Å². The Morgan fingerprint density at radius 1 is 1.10 bits per heavy atom. The first-order valence-corrected chi connectivity index (χ1v) is 6.00. The molecule has 4 N–H and O–H groups in total. The van der Waals surface area contributed by atoms with Gasteiger partial charge in [-0.15, -0.1) is 12.4 Å². The average Bonchev–Trinajstić information content (AvgIpc) is 2.45. The van der Waals surface area contributed by atoms with Gasteiger partial charge >= 0.3 is 0 Å². The number of amides is 1. The zero-order valence-corrected chi connectivity index (χ0v) is 11.7. The van der Waals surface area contributed by atoms with Gasteiger partial charge in [-0.3, -0.25) is 4.79 Å². The summed E-state index contributed by atoms with van der Waals surface area (Å²) in [5.41, 5.74) is 13.2. The van der Waals surface area contributed by atoms with E-state index in [1.807, 2.05) is 30.3 Å². The largest absolute Gasteiger partial charge is 0.489 e. The van der Waals surface area contributed by atoms with E-state index >= 15 is 0 Å². The van der Waals surface area contributed by atoms with Gasteiger partial charge in [0.05, 0.1) is 0 Å². The van der Waals surface area contributed by atoms with Gasteiger partial charge in [0.2, 0.25) is 5.91 Å². The normalized spacial score (nSPS) is 9.65. The number of carbonyl (C=O) groups is 1. The molecule has 0 atom stereocenters. The molecule has 0 aliphatic carbocycles. The first kappa shape index (κ1) is 16.0. The summed E-state index contributed by atoms with van der Waals surface area (Å²) in [5.74, 6) is 0.318. The molecule has 0 saturated heterocycles. The summed E-state index contributed by atoms with van der Waals surface area (Å²) in [4.78, 5) is 11.1. The van der Waals surface area contributed by atoms with E-state index in [1.54, 1.807) is 18.2 Å². The van der Waals surface area contributed by atoms with Crippen LogP contribution in [-0.2, 0) is 13.2 Å². The number of benzene rings is 2. The van der Waals surface area contributed by atoms with E-state index in [1.165, 1.54) is 0 Å². The molecule has 1 amide bonds. The van der Waals surface area contributed by atoms with Crippen LogP contribution in [-0.4, -0.2) is 5.91 Å². The number of nitrogens with two attached hydrogens (primary N) is 2. The van der Waals surface area contributed by atoms with Gasteiger partial charge in [0.25, 0.3) is 0 Å². The average molecular weight is 293 g/mol. The highest BCUT2D eigenvalue weighted by Gasteiger charge is 2.04. The van der Waals surface area contributed by atoms with E-state index in [4.69, 9.17) is 16.2 Å². The van der Waals surface area contributed by atoms with Gasteiger partial charge < -0.3 is 16.2 Å². The highest BCUT2D eigenvalue weighted by atomic mass is 35.5. The van der Waals surface area contributed by atoms with Crippen LogP contribution in [0.2, 0.25) is 0 Å². The predicted molar refractivity (Wildman–Crippen MR) is 80.9 cm³/mol. The van der Waals surface area contributed by atoms with Crippen molar-refractivity contribution in [3.05, 3.63) is 65.2 Å². The Bertz CT molecular complexity index is 588. The fraction of sp³-hybridized carbons (Fsp3) is 0.133. The summed E-state index contributed by atoms with van der Waals surface area (Å²) in [7, 11) is 0. The topological polar surface area (TPSA) is 78.3 Å². The molecular weight excluding hydrogens is 276 g/mol.